The minimum absolute atomic E-state index is 0.172. The largest absolute Gasteiger partial charge is 0.506 e. The number of rotatable bonds is 1. The summed E-state index contributed by atoms with van der Waals surface area (Å²) in [6, 6.07) is 9.27. The molecule has 1 aliphatic carbocycles. The van der Waals surface area contributed by atoms with E-state index in [0.29, 0.717) is 10.5 Å². The first-order valence-electron chi connectivity index (χ1n) is 5.70. The van der Waals surface area contributed by atoms with Crippen LogP contribution in [0.4, 0.5) is 0 Å². The Bertz CT molecular complexity index is 722. The van der Waals surface area contributed by atoms with Crippen molar-refractivity contribution in [2.75, 3.05) is 0 Å². The quantitative estimate of drug-likeness (QED) is 0.778. The lowest BCUT2D eigenvalue weighted by atomic mass is 9.96. The van der Waals surface area contributed by atoms with E-state index in [1.54, 1.807) is 6.08 Å². The molecule has 0 bridgehead atoms. The zero-order valence-corrected chi connectivity index (χ0v) is 10.6. The predicted molar refractivity (Wildman–Crippen MR) is 76.0 cm³/mol. The lowest BCUT2D eigenvalue weighted by Crippen LogP contribution is -1.95. The average molecular weight is 270 g/mol. The summed E-state index contributed by atoms with van der Waals surface area (Å²) in [5.74, 6) is -0.824. The van der Waals surface area contributed by atoms with Crippen LogP contribution in [0, 0.1) is 0 Å². The molecule has 0 unspecified atom stereocenters. The number of aliphatic carboxylic acids is 1. The average Bonchev–Trinajstić information content (AvgIpc) is 2.82. The standard InChI is InChI=1S/C15H10O3S/c16-13-7-9-3-1-2-4-10(9)12(8-14(17)18)11-5-6-19-15(11)13/h1-8,16H,(H,17,18). The first-order chi connectivity index (χ1) is 9.16. The molecule has 3 nitrogen and oxygen atoms in total. The van der Waals surface area contributed by atoms with Crippen LogP contribution in [0.15, 0.2) is 41.8 Å². The van der Waals surface area contributed by atoms with Gasteiger partial charge in [0.2, 0.25) is 0 Å². The number of thiophene rings is 1. The maximum atomic E-state index is 11.1. The molecule has 2 N–H and O–H groups in total. The van der Waals surface area contributed by atoms with E-state index >= 15 is 0 Å². The number of aliphatic hydroxyl groups excluding tert-OH is 1. The van der Waals surface area contributed by atoms with E-state index < -0.39 is 5.97 Å². The Kier molecular flexibility index (Phi) is 2.72. The van der Waals surface area contributed by atoms with Gasteiger partial charge in [-0.05, 0) is 34.2 Å². The van der Waals surface area contributed by atoms with Gasteiger partial charge in [0, 0.05) is 11.6 Å². The van der Waals surface area contributed by atoms with Gasteiger partial charge in [0.25, 0.3) is 0 Å². The molecule has 0 amide bonds. The summed E-state index contributed by atoms with van der Waals surface area (Å²) in [4.78, 5) is 11.7. The molecule has 0 saturated heterocycles. The fourth-order valence-electron chi connectivity index (χ4n) is 2.22. The van der Waals surface area contributed by atoms with Gasteiger partial charge >= 0.3 is 5.97 Å². The molecule has 1 aliphatic rings. The molecule has 0 fully saturated rings. The summed E-state index contributed by atoms with van der Waals surface area (Å²) in [7, 11) is 0. The molecule has 0 radical (unpaired) electrons. The predicted octanol–water partition coefficient (Wildman–Crippen LogP) is 3.63. The molecule has 94 valence electrons. The fraction of sp³-hybridized carbons (Fsp3) is 0. The zero-order chi connectivity index (χ0) is 13.4. The second-order valence-corrected chi connectivity index (χ2v) is 5.09. The highest BCUT2D eigenvalue weighted by molar-refractivity contribution is 7.11. The summed E-state index contributed by atoms with van der Waals surface area (Å²) >= 11 is 1.40. The third-order valence-electron chi connectivity index (χ3n) is 3.00. The Hall–Kier alpha value is -2.33. The Morgan fingerprint density at radius 1 is 1.16 bits per heavy atom. The highest BCUT2D eigenvalue weighted by atomic mass is 32.1. The molecule has 0 atom stereocenters. The van der Waals surface area contributed by atoms with E-state index in [2.05, 4.69) is 0 Å². The lowest BCUT2D eigenvalue weighted by Gasteiger charge is -2.07. The fourth-order valence-corrected chi connectivity index (χ4v) is 3.05. The highest BCUT2D eigenvalue weighted by Crippen LogP contribution is 2.38. The van der Waals surface area contributed by atoms with E-state index in [-0.39, 0.29) is 5.76 Å². The molecule has 0 spiro atoms. The molecule has 4 heteroatoms. The zero-order valence-electron chi connectivity index (χ0n) is 9.83. The monoisotopic (exact) mass is 270 g/mol. The van der Waals surface area contributed by atoms with Crippen molar-refractivity contribution < 1.29 is 15.0 Å². The van der Waals surface area contributed by atoms with Crippen LogP contribution in [-0.2, 0) is 4.79 Å². The summed E-state index contributed by atoms with van der Waals surface area (Å²) < 4.78 is 0. The normalized spacial score (nSPS) is 15.4. The number of carboxylic acids is 1. The van der Waals surface area contributed by atoms with Crippen molar-refractivity contribution in [2.24, 2.45) is 0 Å². The van der Waals surface area contributed by atoms with Crippen molar-refractivity contribution >= 4 is 34.7 Å². The topological polar surface area (TPSA) is 57.5 Å². The Morgan fingerprint density at radius 2 is 1.95 bits per heavy atom. The van der Waals surface area contributed by atoms with Gasteiger partial charge in [0.1, 0.15) is 5.76 Å². The van der Waals surface area contributed by atoms with E-state index in [4.69, 9.17) is 5.11 Å². The van der Waals surface area contributed by atoms with Gasteiger partial charge < -0.3 is 10.2 Å². The van der Waals surface area contributed by atoms with Gasteiger partial charge in [0.05, 0.1) is 4.88 Å². The van der Waals surface area contributed by atoms with Crippen LogP contribution in [0.1, 0.15) is 21.6 Å². The number of carboxylic acid groups (broad SMARTS) is 1. The molecule has 19 heavy (non-hydrogen) atoms. The van der Waals surface area contributed by atoms with Crippen molar-refractivity contribution in [3.05, 3.63) is 63.4 Å². The van der Waals surface area contributed by atoms with Crippen LogP contribution in [0.3, 0.4) is 0 Å². The van der Waals surface area contributed by atoms with Gasteiger partial charge in [-0.1, -0.05) is 24.3 Å². The third kappa shape index (κ3) is 1.96. The van der Waals surface area contributed by atoms with Crippen LogP contribution >= 0.6 is 11.3 Å². The molecule has 3 rings (SSSR count). The number of fused-ring (bicyclic) bond motifs is 2. The van der Waals surface area contributed by atoms with Crippen molar-refractivity contribution in [1.29, 1.82) is 0 Å². The Morgan fingerprint density at radius 3 is 2.74 bits per heavy atom. The number of carbonyl (C=O) groups is 1. The van der Waals surface area contributed by atoms with Gasteiger partial charge in [-0.25, -0.2) is 4.79 Å². The molecule has 0 aliphatic heterocycles. The van der Waals surface area contributed by atoms with Gasteiger partial charge in [-0.2, -0.15) is 0 Å². The Balaban J connectivity index is 2.36. The van der Waals surface area contributed by atoms with Crippen molar-refractivity contribution in [3.8, 4) is 0 Å². The van der Waals surface area contributed by atoms with Crippen molar-refractivity contribution in [2.45, 2.75) is 0 Å². The summed E-state index contributed by atoms with van der Waals surface area (Å²) in [6.07, 6.45) is 2.87. The van der Waals surface area contributed by atoms with E-state index in [9.17, 15) is 9.90 Å². The molecule has 1 aromatic carbocycles. The van der Waals surface area contributed by atoms with Crippen LogP contribution < -0.4 is 0 Å². The molecule has 1 heterocycles. The van der Waals surface area contributed by atoms with E-state index in [1.807, 2.05) is 35.7 Å². The summed E-state index contributed by atoms with van der Waals surface area (Å²) in [6.45, 7) is 0. The molecule has 1 aromatic heterocycles. The number of benzene rings is 1. The van der Waals surface area contributed by atoms with E-state index in [0.717, 1.165) is 16.7 Å². The van der Waals surface area contributed by atoms with Gasteiger partial charge in [-0.15, -0.1) is 11.3 Å². The molecular formula is C15H10O3S. The van der Waals surface area contributed by atoms with Crippen molar-refractivity contribution in [3.63, 3.8) is 0 Å². The second-order valence-electron chi connectivity index (χ2n) is 4.18. The summed E-state index contributed by atoms with van der Waals surface area (Å²) in [5, 5.41) is 21.0. The van der Waals surface area contributed by atoms with Crippen molar-refractivity contribution in [1.82, 2.24) is 0 Å². The Labute approximate surface area is 113 Å². The molecular weight excluding hydrogens is 260 g/mol. The molecule has 0 saturated carbocycles. The SMILES string of the molecule is O=C(O)C=C1c2ccccc2C=C(O)c2sccc21. The third-order valence-corrected chi connectivity index (χ3v) is 3.94. The first kappa shape index (κ1) is 11.7. The maximum absolute atomic E-state index is 11.1. The lowest BCUT2D eigenvalue weighted by molar-refractivity contribution is -0.131. The smallest absolute Gasteiger partial charge is 0.328 e. The number of aliphatic hydroxyl groups is 1. The minimum Gasteiger partial charge on any atom is -0.506 e. The van der Waals surface area contributed by atoms with Crippen LogP contribution in [0.5, 0.6) is 0 Å². The van der Waals surface area contributed by atoms with Gasteiger partial charge in [0.15, 0.2) is 0 Å². The summed E-state index contributed by atoms with van der Waals surface area (Å²) in [5.41, 5.74) is 3.01. The van der Waals surface area contributed by atoms with Gasteiger partial charge in [-0.3, -0.25) is 0 Å². The van der Waals surface area contributed by atoms with Crippen LogP contribution in [0.25, 0.3) is 17.4 Å². The van der Waals surface area contributed by atoms with Crippen LogP contribution in [0.2, 0.25) is 0 Å². The number of hydrogen-bond donors (Lipinski definition) is 2. The molecule has 2 aromatic rings. The maximum Gasteiger partial charge on any atom is 0.328 e. The van der Waals surface area contributed by atoms with E-state index in [1.165, 1.54) is 17.4 Å². The second kappa shape index (κ2) is 4.40. The number of hydrogen-bond acceptors (Lipinski definition) is 3. The first-order valence-corrected chi connectivity index (χ1v) is 6.57. The minimum atomic E-state index is -0.997. The highest BCUT2D eigenvalue weighted by Gasteiger charge is 2.20. The van der Waals surface area contributed by atoms with Crippen LogP contribution in [-0.4, -0.2) is 16.2 Å².